The lowest BCUT2D eigenvalue weighted by Gasteiger charge is -2.19. The third-order valence-corrected chi connectivity index (χ3v) is 2.84. The highest BCUT2D eigenvalue weighted by Gasteiger charge is 2.14. The van der Waals surface area contributed by atoms with Gasteiger partial charge in [0, 0.05) is 0 Å². The Morgan fingerprint density at radius 2 is 2.23 bits per heavy atom. The van der Waals surface area contributed by atoms with Gasteiger partial charge in [0.25, 0.3) is 0 Å². The van der Waals surface area contributed by atoms with E-state index in [0.29, 0.717) is 5.92 Å². The lowest BCUT2D eigenvalue weighted by Crippen LogP contribution is -2.07. The minimum absolute atomic E-state index is 0.134. The quantitative estimate of drug-likeness (QED) is 0.590. The van der Waals surface area contributed by atoms with E-state index >= 15 is 0 Å². The Hall–Kier alpha value is -1.11. The Kier molecular flexibility index (Phi) is 2.17. The Labute approximate surface area is 78.4 Å². The topological polar surface area (TPSA) is 17.1 Å². The second-order valence-corrected chi connectivity index (χ2v) is 3.85. The molecule has 1 aromatic carbocycles. The predicted octanol–water partition coefficient (Wildman–Crippen LogP) is 2.49. The second-order valence-electron chi connectivity index (χ2n) is 3.85. The van der Waals surface area contributed by atoms with Gasteiger partial charge in [0.15, 0.2) is 5.43 Å². The Morgan fingerprint density at radius 3 is 3.08 bits per heavy atom. The van der Waals surface area contributed by atoms with Crippen molar-refractivity contribution in [3.63, 3.8) is 0 Å². The van der Waals surface area contributed by atoms with Crippen LogP contribution in [0.15, 0.2) is 29.1 Å². The van der Waals surface area contributed by atoms with Crippen molar-refractivity contribution in [2.24, 2.45) is 0 Å². The van der Waals surface area contributed by atoms with Crippen LogP contribution in [0, 0.1) is 0 Å². The summed E-state index contributed by atoms with van der Waals surface area (Å²) >= 11 is 0. The van der Waals surface area contributed by atoms with Crippen molar-refractivity contribution in [2.45, 2.75) is 32.1 Å². The summed E-state index contributed by atoms with van der Waals surface area (Å²) in [5.41, 5.74) is 2.76. The molecule has 1 atom stereocenters. The Morgan fingerprint density at radius 1 is 1.38 bits per heavy atom. The fourth-order valence-corrected chi connectivity index (χ4v) is 2.09. The molecule has 1 heteroatoms. The molecule has 1 nitrogen and oxygen atoms in total. The van der Waals surface area contributed by atoms with Gasteiger partial charge in [0.1, 0.15) is 0 Å². The Bertz CT molecular complexity index is 368. The minimum Gasteiger partial charge on any atom is -0.290 e. The van der Waals surface area contributed by atoms with E-state index in [9.17, 15) is 4.79 Å². The maximum Gasteiger partial charge on any atom is 0.178 e. The van der Waals surface area contributed by atoms with Crippen LogP contribution in [0.4, 0.5) is 0 Å². The van der Waals surface area contributed by atoms with Gasteiger partial charge >= 0.3 is 0 Å². The zero-order chi connectivity index (χ0) is 9.26. The van der Waals surface area contributed by atoms with Crippen molar-refractivity contribution in [1.29, 1.82) is 0 Å². The summed E-state index contributed by atoms with van der Waals surface area (Å²) in [7, 11) is 0. The maximum absolute atomic E-state index is 11.3. The van der Waals surface area contributed by atoms with E-state index in [1.165, 1.54) is 24.0 Å². The molecule has 0 aromatic heterocycles. The Balaban J connectivity index is 2.62. The van der Waals surface area contributed by atoms with E-state index in [-0.39, 0.29) is 5.43 Å². The first-order chi connectivity index (χ1) is 6.27. The zero-order valence-corrected chi connectivity index (χ0v) is 7.92. The highest BCUT2D eigenvalue weighted by atomic mass is 16.1. The second kappa shape index (κ2) is 3.33. The molecule has 0 bridgehead atoms. The van der Waals surface area contributed by atoms with Gasteiger partial charge in [-0.3, -0.25) is 4.79 Å². The molecule has 2 rings (SSSR count). The molecule has 0 fully saturated rings. The van der Waals surface area contributed by atoms with Crippen LogP contribution < -0.4 is 5.43 Å². The first kappa shape index (κ1) is 8.49. The van der Waals surface area contributed by atoms with Crippen molar-refractivity contribution in [1.82, 2.24) is 0 Å². The molecule has 0 N–H and O–H groups in total. The summed E-state index contributed by atoms with van der Waals surface area (Å²) in [5.74, 6) is 0.559. The van der Waals surface area contributed by atoms with Gasteiger partial charge in [-0.15, -0.1) is 0 Å². The van der Waals surface area contributed by atoms with Gasteiger partial charge < -0.3 is 0 Å². The van der Waals surface area contributed by atoms with Crippen LogP contribution in [0.3, 0.4) is 0 Å². The molecule has 0 heterocycles. The number of fused-ring (bicyclic) bond motifs is 1. The van der Waals surface area contributed by atoms with E-state index in [1.54, 1.807) is 12.1 Å². The zero-order valence-electron chi connectivity index (χ0n) is 7.92. The number of aryl methyl sites for hydroxylation is 1. The van der Waals surface area contributed by atoms with Crippen LogP contribution in [0.1, 0.15) is 36.8 Å². The van der Waals surface area contributed by atoms with Crippen molar-refractivity contribution in [2.75, 3.05) is 0 Å². The molecule has 1 aliphatic rings. The normalized spacial score (nSPS) is 20.8. The van der Waals surface area contributed by atoms with Crippen molar-refractivity contribution >= 4 is 0 Å². The first-order valence-electron chi connectivity index (χ1n) is 4.90. The van der Waals surface area contributed by atoms with E-state index in [1.807, 2.05) is 6.07 Å². The SMILES string of the molecule is C[C@H]1CCCc2cccc(=O)cc21. The molecule has 0 saturated carbocycles. The van der Waals surface area contributed by atoms with Gasteiger partial charge in [-0.05, 0) is 48.4 Å². The largest absolute Gasteiger partial charge is 0.290 e. The number of rotatable bonds is 0. The molecule has 0 radical (unpaired) electrons. The molecule has 1 aliphatic carbocycles. The molecule has 68 valence electrons. The third-order valence-electron chi connectivity index (χ3n) is 2.84. The molecule has 0 aliphatic heterocycles. The maximum atomic E-state index is 11.3. The van der Waals surface area contributed by atoms with Crippen LogP contribution in [-0.4, -0.2) is 0 Å². The van der Waals surface area contributed by atoms with E-state index < -0.39 is 0 Å². The van der Waals surface area contributed by atoms with Crippen molar-refractivity contribution < 1.29 is 0 Å². The molecular formula is C12H14O. The first-order valence-corrected chi connectivity index (χ1v) is 4.90. The summed E-state index contributed by atoms with van der Waals surface area (Å²) in [6.07, 6.45) is 3.61. The lowest BCUT2D eigenvalue weighted by atomic mass is 9.85. The van der Waals surface area contributed by atoms with E-state index in [0.717, 1.165) is 6.42 Å². The molecule has 0 unspecified atom stereocenters. The van der Waals surface area contributed by atoms with Gasteiger partial charge in [-0.25, -0.2) is 0 Å². The van der Waals surface area contributed by atoms with Crippen LogP contribution in [-0.2, 0) is 6.42 Å². The highest BCUT2D eigenvalue weighted by molar-refractivity contribution is 5.30. The molecule has 0 saturated heterocycles. The average Bonchev–Trinajstić information content (AvgIpc) is 2.28. The van der Waals surface area contributed by atoms with Crippen LogP contribution in [0.2, 0.25) is 0 Å². The molecule has 13 heavy (non-hydrogen) atoms. The average molecular weight is 174 g/mol. The smallest absolute Gasteiger partial charge is 0.178 e. The van der Waals surface area contributed by atoms with Gasteiger partial charge in [0.2, 0.25) is 0 Å². The van der Waals surface area contributed by atoms with Crippen LogP contribution in [0.5, 0.6) is 0 Å². The lowest BCUT2D eigenvalue weighted by molar-refractivity contribution is 0.591. The van der Waals surface area contributed by atoms with Crippen LogP contribution >= 0.6 is 0 Å². The van der Waals surface area contributed by atoms with E-state index in [4.69, 9.17) is 0 Å². The van der Waals surface area contributed by atoms with E-state index in [2.05, 4.69) is 13.0 Å². The van der Waals surface area contributed by atoms with Gasteiger partial charge in [-0.2, -0.15) is 0 Å². The van der Waals surface area contributed by atoms with Crippen molar-refractivity contribution in [3.8, 4) is 0 Å². The fourth-order valence-electron chi connectivity index (χ4n) is 2.09. The summed E-state index contributed by atoms with van der Waals surface area (Å²) in [6.45, 7) is 2.21. The van der Waals surface area contributed by atoms with Gasteiger partial charge in [-0.1, -0.05) is 19.1 Å². The standard InChI is InChI=1S/C12H14O/c1-9-4-2-5-10-6-3-7-11(13)8-12(9)10/h3,6-9H,2,4-5H2,1H3/t9-/m0/s1. The molecule has 0 amide bonds. The number of hydrogen-bond donors (Lipinski definition) is 0. The monoisotopic (exact) mass is 174 g/mol. The van der Waals surface area contributed by atoms with Crippen LogP contribution in [0.25, 0.3) is 0 Å². The molecule has 0 spiro atoms. The molecule has 1 aromatic rings. The summed E-state index contributed by atoms with van der Waals surface area (Å²) in [5, 5.41) is 0. The molecular weight excluding hydrogens is 160 g/mol. The summed E-state index contributed by atoms with van der Waals surface area (Å²) in [4.78, 5) is 11.3. The van der Waals surface area contributed by atoms with Gasteiger partial charge in [0.05, 0.1) is 0 Å². The summed E-state index contributed by atoms with van der Waals surface area (Å²) in [6, 6.07) is 7.41. The fraction of sp³-hybridized carbons (Fsp3) is 0.417. The summed E-state index contributed by atoms with van der Waals surface area (Å²) < 4.78 is 0. The van der Waals surface area contributed by atoms with Crippen molar-refractivity contribution in [3.05, 3.63) is 45.6 Å². The third kappa shape index (κ3) is 1.64. The number of hydrogen-bond acceptors (Lipinski definition) is 1. The minimum atomic E-state index is 0.134. The highest BCUT2D eigenvalue weighted by Crippen LogP contribution is 2.29. The predicted molar refractivity (Wildman–Crippen MR) is 54.1 cm³/mol.